The number of nitrogens with zero attached hydrogens (tertiary/aromatic N) is 1. The van der Waals surface area contributed by atoms with E-state index in [9.17, 15) is 14.0 Å². The van der Waals surface area contributed by atoms with Crippen molar-refractivity contribution in [1.82, 2.24) is 5.32 Å². The number of urea groups is 1. The van der Waals surface area contributed by atoms with Crippen LogP contribution in [-0.2, 0) is 13.0 Å². The summed E-state index contributed by atoms with van der Waals surface area (Å²) in [5.74, 6) is -0.385. The molecule has 3 aromatic rings. The first-order valence-corrected chi connectivity index (χ1v) is 9.82. The van der Waals surface area contributed by atoms with Gasteiger partial charge in [-0.1, -0.05) is 30.3 Å². The SMILES string of the molecule is C[C@H]1Cc2ccc(CNC(=O)Nc3ccc(F)cc3)cc2N1C(=O)c1ccccc1. The molecule has 1 atom stereocenters. The largest absolute Gasteiger partial charge is 0.334 e. The molecule has 0 unspecified atom stereocenters. The molecule has 0 radical (unpaired) electrons. The van der Waals surface area contributed by atoms with E-state index in [0.717, 1.165) is 23.2 Å². The molecule has 1 heterocycles. The fraction of sp³-hybridized carbons (Fsp3) is 0.167. The fourth-order valence-corrected chi connectivity index (χ4v) is 3.68. The number of hydrogen-bond donors (Lipinski definition) is 2. The lowest BCUT2D eigenvalue weighted by molar-refractivity contribution is 0.0981. The molecule has 0 aromatic heterocycles. The van der Waals surface area contributed by atoms with Crippen LogP contribution in [0.1, 0.15) is 28.4 Å². The van der Waals surface area contributed by atoms with Gasteiger partial charge in [0.05, 0.1) is 0 Å². The van der Waals surface area contributed by atoms with E-state index in [4.69, 9.17) is 0 Å². The summed E-state index contributed by atoms with van der Waals surface area (Å²) in [6.45, 7) is 2.34. The number of carbonyl (C=O) groups excluding carboxylic acids is 2. The number of anilines is 2. The fourth-order valence-electron chi connectivity index (χ4n) is 3.68. The quantitative estimate of drug-likeness (QED) is 0.661. The Morgan fingerprint density at radius 1 is 1.03 bits per heavy atom. The van der Waals surface area contributed by atoms with Gasteiger partial charge in [0.1, 0.15) is 5.82 Å². The molecule has 0 fully saturated rings. The Kier molecular flexibility index (Phi) is 5.48. The van der Waals surface area contributed by atoms with Crippen LogP contribution in [0.25, 0.3) is 0 Å². The molecular weight excluding hydrogens is 381 g/mol. The average Bonchev–Trinajstić information content (AvgIpc) is 3.09. The summed E-state index contributed by atoms with van der Waals surface area (Å²) >= 11 is 0. The maximum Gasteiger partial charge on any atom is 0.319 e. The number of carbonyl (C=O) groups is 2. The van der Waals surface area contributed by atoms with Gasteiger partial charge >= 0.3 is 6.03 Å². The minimum Gasteiger partial charge on any atom is -0.334 e. The Balaban J connectivity index is 1.45. The lowest BCUT2D eigenvalue weighted by Gasteiger charge is -2.23. The van der Waals surface area contributed by atoms with Crippen LogP contribution in [0.15, 0.2) is 72.8 Å². The summed E-state index contributed by atoms with van der Waals surface area (Å²) in [6.07, 6.45) is 0.798. The second-order valence-corrected chi connectivity index (χ2v) is 7.37. The summed E-state index contributed by atoms with van der Waals surface area (Å²) < 4.78 is 13.0. The standard InChI is InChI=1S/C24H22FN3O2/c1-16-13-19-8-7-17(15-26-24(30)27-21-11-9-20(25)10-12-21)14-22(19)28(16)23(29)18-5-3-2-4-6-18/h2-12,14,16H,13,15H2,1H3,(H2,26,27,30)/t16-/m0/s1. The van der Waals surface area contributed by atoms with Crippen molar-refractivity contribution in [2.45, 2.75) is 25.9 Å². The third-order valence-corrected chi connectivity index (χ3v) is 5.16. The second-order valence-electron chi connectivity index (χ2n) is 7.37. The smallest absolute Gasteiger partial charge is 0.319 e. The van der Waals surface area contributed by atoms with Crippen LogP contribution in [0, 0.1) is 5.82 Å². The molecule has 0 saturated heterocycles. The minimum atomic E-state index is -0.382. The van der Waals surface area contributed by atoms with E-state index in [1.165, 1.54) is 24.3 Å². The Morgan fingerprint density at radius 2 is 1.77 bits per heavy atom. The number of halogens is 1. The van der Waals surface area contributed by atoms with Crippen molar-refractivity contribution in [3.05, 3.63) is 95.3 Å². The maximum absolute atomic E-state index is 13.0. The molecule has 0 aliphatic carbocycles. The normalized spacial score (nSPS) is 14.9. The highest BCUT2D eigenvalue weighted by Crippen LogP contribution is 2.34. The van der Waals surface area contributed by atoms with Gasteiger partial charge in [0, 0.05) is 29.5 Å². The first kappa shape index (κ1) is 19.6. The summed E-state index contributed by atoms with van der Waals surface area (Å²) in [7, 11) is 0. The van der Waals surface area contributed by atoms with Crippen LogP contribution < -0.4 is 15.5 Å². The highest BCUT2D eigenvalue weighted by molar-refractivity contribution is 6.07. The van der Waals surface area contributed by atoms with E-state index in [1.807, 2.05) is 60.4 Å². The van der Waals surface area contributed by atoms with Crippen LogP contribution >= 0.6 is 0 Å². The summed E-state index contributed by atoms with van der Waals surface area (Å²) in [4.78, 5) is 27.0. The molecule has 30 heavy (non-hydrogen) atoms. The van der Waals surface area contributed by atoms with Crippen LogP contribution in [0.5, 0.6) is 0 Å². The van der Waals surface area contributed by atoms with Crippen LogP contribution in [-0.4, -0.2) is 18.0 Å². The van der Waals surface area contributed by atoms with Crippen LogP contribution in [0.2, 0.25) is 0 Å². The highest BCUT2D eigenvalue weighted by Gasteiger charge is 2.31. The Labute approximate surface area is 174 Å². The van der Waals surface area contributed by atoms with Crippen molar-refractivity contribution in [2.24, 2.45) is 0 Å². The van der Waals surface area contributed by atoms with E-state index in [1.54, 1.807) is 0 Å². The molecule has 6 heteroatoms. The molecule has 2 N–H and O–H groups in total. The second kappa shape index (κ2) is 8.37. The van der Waals surface area contributed by atoms with Gasteiger partial charge in [-0.15, -0.1) is 0 Å². The number of fused-ring (bicyclic) bond motifs is 1. The minimum absolute atomic E-state index is 0.0268. The first-order valence-electron chi connectivity index (χ1n) is 9.82. The molecule has 3 amide bonds. The van der Waals surface area contributed by atoms with Crippen molar-refractivity contribution in [3.63, 3.8) is 0 Å². The molecule has 5 nitrogen and oxygen atoms in total. The van der Waals surface area contributed by atoms with Crippen molar-refractivity contribution in [2.75, 3.05) is 10.2 Å². The van der Waals surface area contributed by atoms with Gasteiger partial charge in [0.25, 0.3) is 5.91 Å². The lowest BCUT2D eigenvalue weighted by Crippen LogP contribution is -2.35. The molecule has 1 aliphatic rings. The predicted octanol–water partition coefficient (Wildman–Crippen LogP) is 4.74. The Bertz CT molecular complexity index is 1070. The van der Waals surface area contributed by atoms with E-state index in [2.05, 4.69) is 10.6 Å². The van der Waals surface area contributed by atoms with Crippen molar-refractivity contribution in [3.8, 4) is 0 Å². The third-order valence-electron chi connectivity index (χ3n) is 5.16. The number of nitrogens with one attached hydrogen (secondary N) is 2. The molecule has 0 spiro atoms. The average molecular weight is 403 g/mol. The maximum atomic E-state index is 13.0. The highest BCUT2D eigenvalue weighted by atomic mass is 19.1. The van der Waals surface area contributed by atoms with E-state index >= 15 is 0 Å². The predicted molar refractivity (Wildman–Crippen MR) is 115 cm³/mol. The Hall–Kier alpha value is -3.67. The van der Waals surface area contributed by atoms with Gasteiger partial charge in [-0.05, 0) is 66.9 Å². The molecule has 3 aromatic carbocycles. The van der Waals surface area contributed by atoms with Gasteiger partial charge in [-0.3, -0.25) is 4.79 Å². The zero-order valence-corrected chi connectivity index (χ0v) is 16.6. The zero-order valence-electron chi connectivity index (χ0n) is 16.6. The van der Waals surface area contributed by atoms with Gasteiger partial charge in [-0.2, -0.15) is 0 Å². The summed E-state index contributed by atoms with van der Waals surface area (Å²) in [6, 6.07) is 20.4. The molecule has 1 aliphatic heterocycles. The Morgan fingerprint density at radius 3 is 2.50 bits per heavy atom. The van der Waals surface area contributed by atoms with Gasteiger partial charge in [0.15, 0.2) is 0 Å². The van der Waals surface area contributed by atoms with Crippen LogP contribution in [0.3, 0.4) is 0 Å². The molecule has 0 bridgehead atoms. The molecule has 152 valence electrons. The van der Waals surface area contributed by atoms with Gasteiger partial charge in [-0.25, -0.2) is 9.18 Å². The monoisotopic (exact) mass is 403 g/mol. The molecule has 4 rings (SSSR count). The van der Waals surface area contributed by atoms with Crippen LogP contribution in [0.4, 0.5) is 20.6 Å². The summed E-state index contributed by atoms with van der Waals surface area (Å²) in [5, 5.41) is 5.46. The molecular formula is C24H22FN3O2. The van der Waals surface area contributed by atoms with Gasteiger partial charge < -0.3 is 15.5 Å². The lowest BCUT2D eigenvalue weighted by atomic mass is 10.1. The number of benzene rings is 3. The zero-order chi connectivity index (χ0) is 21.1. The third kappa shape index (κ3) is 4.17. The van der Waals surface area contributed by atoms with Crippen molar-refractivity contribution >= 4 is 23.3 Å². The number of hydrogen-bond acceptors (Lipinski definition) is 2. The number of rotatable bonds is 4. The van der Waals surface area contributed by atoms with Gasteiger partial charge in [0.2, 0.25) is 0 Å². The number of amides is 3. The van der Waals surface area contributed by atoms with Crippen molar-refractivity contribution < 1.29 is 14.0 Å². The topological polar surface area (TPSA) is 61.4 Å². The first-order chi connectivity index (χ1) is 14.5. The van der Waals surface area contributed by atoms with E-state index in [-0.39, 0.29) is 23.8 Å². The molecule has 0 saturated carbocycles. The summed E-state index contributed by atoms with van der Waals surface area (Å²) in [5.41, 5.74) is 4.06. The van der Waals surface area contributed by atoms with Crippen molar-refractivity contribution in [1.29, 1.82) is 0 Å². The van der Waals surface area contributed by atoms with E-state index < -0.39 is 0 Å². The van der Waals surface area contributed by atoms with E-state index in [0.29, 0.717) is 17.8 Å².